The zero-order chi connectivity index (χ0) is 18.6. The Balaban J connectivity index is 1.71. The van der Waals surface area contributed by atoms with Crippen molar-refractivity contribution in [3.05, 3.63) is 77.4 Å². The van der Waals surface area contributed by atoms with Crippen LogP contribution >= 0.6 is 0 Å². The maximum absolute atomic E-state index is 14.3. The van der Waals surface area contributed by atoms with Crippen LogP contribution in [0.2, 0.25) is 0 Å². The van der Waals surface area contributed by atoms with Crippen molar-refractivity contribution in [1.82, 2.24) is 10.3 Å². The quantitative estimate of drug-likeness (QED) is 0.815. The van der Waals surface area contributed by atoms with Gasteiger partial charge in [0.2, 0.25) is 0 Å². The summed E-state index contributed by atoms with van der Waals surface area (Å²) in [5, 5.41) is 6.32. The predicted octanol–water partition coefficient (Wildman–Crippen LogP) is 3.02. The van der Waals surface area contributed by atoms with Crippen LogP contribution in [0.1, 0.15) is 11.1 Å². The first-order valence-electron chi connectivity index (χ1n) is 8.19. The summed E-state index contributed by atoms with van der Waals surface area (Å²) in [6.07, 6.45) is 10.2. The molecule has 0 amide bonds. The minimum absolute atomic E-state index is 0.0421. The number of pyridine rings is 1. The number of anilines is 1. The Kier molecular flexibility index (Phi) is 3.10. The average Bonchev–Trinajstić information content (AvgIpc) is 2.87. The third-order valence-corrected chi connectivity index (χ3v) is 4.85. The van der Waals surface area contributed by atoms with Gasteiger partial charge >= 0.3 is 0 Å². The van der Waals surface area contributed by atoms with Gasteiger partial charge in [-0.2, -0.15) is 0 Å². The number of hydrogen-bond acceptors (Lipinski definition) is 5. The van der Waals surface area contributed by atoms with Crippen molar-refractivity contribution in [3.63, 3.8) is 0 Å². The third kappa shape index (κ3) is 2.16. The second kappa shape index (κ2) is 5.29. The lowest BCUT2D eigenvalue weighted by Gasteiger charge is -2.38. The Hall–Kier alpha value is -3.42. The van der Waals surface area contributed by atoms with E-state index in [4.69, 9.17) is 0 Å². The van der Waals surface area contributed by atoms with E-state index in [1.165, 1.54) is 0 Å². The lowest BCUT2D eigenvalue weighted by atomic mass is 9.84. The minimum atomic E-state index is -1.18. The van der Waals surface area contributed by atoms with Gasteiger partial charge in [0.05, 0.1) is 11.8 Å². The molecule has 5 nitrogen and oxygen atoms in total. The topological polar surface area (TPSA) is 61.7 Å². The highest BCUT2D eigenvalue weighted by Crippen LogP contribution is 2.40. The summed E-state index contributed by atoms with van der Waals surface area (Å²) in [6.45, 7) is 0. The van der Waals surface area contributed by atoms with E-state index < -0.39 is 34.2 Å². The number of aromatic nitrogens is 1. The molecule has 2 aromatic rings. The molecule has 8 heteroatoms. The molecule has 0 aliphatic carbocycles. The van der Waals surface area contributed by atoms with Gasteiger partial charge in [-0.15, -0.1) is 0 Å². The molecule has 1 aromatic carbocycles. The molecule has 0 bridgehead atoms. The van der Waals surface area contributed by atoms with E-state index in [-0.39, 0.29) is 5.84 Å². The first-order valence-corrected chi connectivity index (χ1v) is 8.19. The summed E-state index contributed by atoms with van der Waals surface area (Å²) in [6, 6.07) is 4.94. The molecule has 0 spiro atoms. The number of rotatable bonds is 1. The highest BCUT2D eigenvalue weighted by atomic mass is 19.1. The van der Waals surface area contributed by atoms with E-state index in [0.29, 0.717) is 18.0 Å². The van der Waals surface area contributed by atoms with E-state index in [1.54, 1.807) is 30.8 Å². The van der Waals surface area contributed by atoms with Gasteiger partial charge in [-0.3, -0.25) is 4.99 Å². The van der Waals surface area contributed by atoms with Crippen LogP contribution in [0.25, 0.3) is 6.08 Å². The van der Waals surface area contributed by atoms with Gasteiger partial charge in [-0.1, -0.05) is 6.08 Å². The fourth-order valence-electron chi connectivity index (χ4n) is 3.54. The lowest BCUT2D eigenvalue weighted by Crippen LogP contribution is -2.61. The summed E-state index contributed by atoms with van der Waals surface area (Å²) in [5.41, 5.74) is -1.73. The molecule has 0 saturated carbocycles. The van der Waals surface area contributed by atoms with Crippen LogP contribution < -0.4 is 10.6 Å². The van der Waals surface area contributed by atoms with Crippen LogP contribution in [-0.2, 0) is 0 Å². The molecule has 1 aromatic heterocycles. The summed E-state index contributed by atoms with van der Waals surface area (Å²) < 4.78 is 42.0. The van der Waals surface area contributed by atoms with Gasteiger partial charge in [-0.05, 0) is 24.3 Å². The van der Waals surface area contributed by atoms with Crippen LogP contribution in [-0.4, -0.2) is 28.2 Å². The predicted molar refractivity (Wildman–Crippen MR) is 96.0 cm³/mol. The summed E-state index contributed by atoms with van der Waals surface area (Å²) in [4.78, 5) is 13.0. The standard InChI is InChI=1S/C19H12F3N5/c20-12-8-13(21)15(14(22)9-12)17-25-18-4-3-11-2-1-6-24-16(11)26-19(18,27-17)10-23-7-5-18/h1-10H,(H,24,26)(H,25,27). The SMILES string of the molecule is Fc1cc(F)c(C2=NC34C=NC=CC3(C=Cc3cccnc3N4)N2)c(F)c1. The van der Waals surface area contributed by atoms with Crippen molar-refractivity contribution in [1.29, 1.82) is 0 Å². The van der Waals surface area contributed by atoms with E-state index >= 15 is 0 Å². The normalized spacial score (nSPS) is 27.0. The molecule has 4 heterocycles. The molecule has 2 N–H and O–H groups in total. The Bertz CT molecular complexity index is 1070. The van der Waals surface area contributed by atoms with E-state index in [1.807, 2.05) is 18.2 Å². The first-order chi connectivity index (χ1) is 13.0. The van der Waals surface area contributed by atoms with Crippen LogP contribution in [0, 0.1) is 17.5 Å². The third-order valence-electron chi connectivity index (χ3n) is 4.85. The Morgan fingerprint density at radius 3 is 2.63 bits per heavy atom. The maximum Gasteiger partial charge on any atom is 0.199 e. The van der Waals surface area contributed by atoms with E-state index in [2.05, 4.69) is 25.6 Å². The number of benzene rings is 1. The number of hydrogen-bond donors (Lipinski definition) is 2. The van der Waals surface area contributed by atoms with Gasteiger partial charge in [-0.25, -0.2) is 23.1 Å². The molecule has 134 valence electrons. The smallest absolute Gasteiger partial charge is 0.199 e. The number of nitrogens with one attached hydrogen (secondary N) is 2. The van der Waals surface area contributed by atoms with Gasteiger partial charge in [0.1, 0.15) is 34.6 Å². The lowest BCUT2D eigenvalue weighted by molar-refractivity contribution is 0.471. The average molecular weight is 367 g/mol. The Morgan fingerprint density at radius 2 is 1.81 bits per heavy atom. The van der Waals surface area contributed by atoms with Crippen molar-refractivity contribution in [3.8, 4) is 0 Å². The van der Waals surface area contributed by atoms with Crippen molar-refractivity contribution in [2.24, 2.45) is 9.98 Å². The van der Waals surface area contributed by atoms with Crippen LogP contribution in [0.3, 0.4) is 0 Å². The number of fused-ring (bicyclic) bond motifs is 1. The highest BCUT2D eigenvalue weighted by Gasteiger charge is 2.56. The van der Waals surface area contributed by atoms with Gasteiger partial charge in [0, 0.05) is 30.1 Å². The van der Waals surface area contributed by atoms with Crippen molar-refractivity contribution in [2.45, 2.75) is 11.2 Å². The molecule has 3 aliphatic rings. The monoisotopic (exact) mass is 367 g/mol. The fourth-order valence-corrected chi connectivity index (χ4v) is 3.54. The molecule has 27 heavy (non-hydrogen) atoms. The zero-order valence-corrected chi connectivity index (χ0v) is 13.7. The molecule has 0 saturated heterocycles. The van der Waals surface area contributed by atoms with E-state index in [0.717, 1.165) is 5.56 Å². The number of halogens is 3. The maximum atomic E-state index is 14.3. The Morgan fingerprint density at radius 1 is 1.00 bits per heavy atom. The number of amidine groups is 1. The summed E-state index contributed by atoms with van der Waals surface area (Å²) in [7, 11) is 0. The minimum Gasteiger partial charge on any atom is -0.353 e. The number of nitrogens with zero attached hydrogens (tertiary/aromatic N) is 3. The molecule has 0 fully saturated rings. The second-order valence-corrected chi connectivity index (χ2v) is 6.46. The molecule has 2 unspecified atom stereocenters. The van der Waals surface area contributed by atoms with E-state index in [9.17, 15) is 13.2 Å². The molecule has 0 radical (unpaired) electrons. The van der Waals surface area contributed by atoms with Gasteiger partial charge in [0.15, 0.2) is 5.66 Å². The molecular formula is C19H12F3N5. The highest BCUT2D eigenvalue weighted by molar-refractivity contribution is 6.06. The molecule has 3 aliphatic heterocycles. The summed E-state index contributed by atoms with van der Waals surface area (Å²) >= 11 is 0. The molecule has 2 atom stereocenters. The molecular weight excluding hydrogens is 355 g/mol. The van der Waals surface area contributed by atoms with Crippen LogP contribution in [0.15, 0.2) is 58.8 Å². The van der Waals surface area contributed by atoms with Crippen molar-refractivity contribution >= 4 is 23.9 Å². The van der Waals surface area contributed by atoms with Crippen molar-refractivity contribution in [2.75, 3.05) is 5.32 Å². The number of aliphatic imine (C=N–C) groups is 2. The fraction of sp³-hybridized carbons (Fsp3) is 0.105. The van der Waals surface area contributed by atoms with Crippen molar-refractivity contribution < 1.29 is 13.2 Å². The van der Waals surface area contributed by atoms with Crippen LogP contribution in [0.4, 0.5) is 19.0 Å². The largest absolute Gasteiger partial charge is 0.353 e. The first kappa shape index (κ1) is 15.8. The van der Waals surface area contributed by atoms with Gasteiger partial charge < -0.3 is 10.6 Å². The second-order valence-electron chi connectivity index (χ2n) is 6.46. The summed E-state index contributed by atoms with van der Waals surface area (Å²) in [5.74, 6) is -2.55. The van der Waals surface area contributed by atoms with Crippen LogP contribution in [0.5, 0.6) is 0 Å². The molecule has 5 rings (SSSR count). The Labute approximate surface area is 152 Å². The zero-order valence-electron chi connectivity index (χ0n) is 13.7. The van der Waals surface area contributed by atoms with Gasteiger partial charge in [0.25, 0.3) is 0 Å².